The molecule has 0 aliphatic rings. The Morgan fingerprint density at radius 1 is 1.24 bits per heavy atom. The molecule has 0 spiro atoms. The summed E-state index contributed by atoms with van der Waals surface area (Å²) in [4.78, 5) is 0. The fraction of sp³-hybridized carbons (Fsp3) is 0.364. The molecule has 0 saturated carbocycles. The lowest BCUT2D eigenvalue weighted by Gasteiger charge is -2.22. The van der Waals surface area contributed by atoms with E-state index in [0.29, 0.717) is 20.8 Å². The molecule has 0 radical (unpaired) electrons. The number of benzene rings is 1. The number of hydrazine groups is 1. The van der Waals surface area contributed by atoms with Crippen LogP contribution >= 0.6 is 35.4 Å². The van der Waals surface area contributed by atoms with Crippen LogP contribution in [-0.4, -0.2) is 10.7 Å². The lowest BCUT2D eigenvalue weighted by atomic mass is 10.1. The van der Waals surface area contributed by atoms with Crippen molar-refractivity contribution in [1.82, 2.24) is 10.9 Å². The first-order chi connectivity index (χ1) is 7.78. The fourth-order valence-corrected chi connectivity index (χ4v) is 1.49. The molecule has 0 bridgehead atoms. The summed E-state index contributed by atoms with van der Waals surface area (Å²) in [7, 11) is 0. The van der Waals surface area contributed by atoms with Gasteiger partial charge in [-0.05, 0) is 51.2 Å². The molecule has 0 amide bonds. The highest BCUT2D eigenvalue weighted by Crippen LogP contribution is 2.25. The third kappa shape index (κ3) is 5.55. The molecule has 1 rings (SSSR count). The molecule has 0 aliphatic heterocycles. The minimum atomic E-state index is -0.0795. The van der Waals surface area contributed by atoms with Gasteiger partial charge in [-0.3, -0.25) is 5.43 Å². The van der Waals surface area contributed by atoms with Crippen LogP contribution in [0.25, 0.3) is 0 Å². The molecule has 3 N–H and O–H groups in total. The number of hydrogen-bond acceptors (Lipinski definition) is 2. The van der Waals surface area contributed by atoms with Gasteiger partial charge in [0.25, 0.3) is 0 Å². The zero-order valence-electron chi connectivity index (χ0n) is 9.90. The Morgan fingerprint density at radius 2 is 1.88 bits per heavy atom. The molecule has 0 atom stereocenters. The molecule has 0 aromatic heterocycles. The van der Waals surface area contributed by atoms with Crippen LogP contribution in [0.15, 0.2) is 18.2 Å². The van der Waals surface area contributed by atoms with Crippen molar-refractivity contribution in [2.45, 2.75) is 26.3 Å². The second kappa shape index (κ2) is 5.87. The normalized spacial score (nSPS) is 11.1. The van der Waals surface area contributed by atoms with Gasteiger partial charge in [0.1, 0.15) is 0 Å². The van der Waals surface area contributed by atoms with E-state index in [4.69, 9.17) is 35.4 Å². The highest BCUT2D eigenvalue weighted by molar-refractivity contribution is 7.80. The summed E-state index contributed by atoms with van der Waals surface area (Å²) in [5.74, 6) is 0. The molecule has 0 saturated heterocycles. The van der Waals surface area contributed by atoms with E-state index in [2.05, 4.69) is 16.2 Å². The van der Waals surface area contributed by atoms with Gasteiger partial charge in [0.05, 0.1) is 10.7 Å². The maximum absolute atomic E-state index is 6.00. The van der Waals surface area contributed by atoms with Gasteiger partial charge in [0, 0.05) is 10.6 Å². The summed E-state index contributed by atoms with van der Waals surface area (Å²) < 4.78 is 0. The molecule has 1 aromatic rings. The van der Waals surface area contributed by atoms with E-state index in [-0.39, 0.29) is 5.54 Å². The van der Waals surface area contributed by atoms with Crippen LogP contribution in [0.4, 0.5) is 5.69 Å². The Balaban J connectivity index is 2.59. The van der Waals surface area contributed by atoms with Crippen molar-refractivity contribution in [2.24, 2.45) is 0 Å². The van der Waals surface area contributed by atoms with E-state index in [9.17, 15) is 0 Å². The van der Waals surface area contributed by atoms with Gasteiger partial charge < -0.3 is 5.32 Å². The Kier molecular flexibility index (Phi) is 5.01. The van der Waals surface area contributed by atoms with Crippen LogP contribution < -0.4 is 16.2 Å². The van der Waals surface area contributed by atoms with E-state index in [1.165, 1.54) is 0 Å². The monoisotopic (exact) mass is 291 g/mol. The average Bonchev–Trinajstić information content (AvgIpc) is 2.20. The predicted octanol–water partition coefficient (Wildman–Crippen LogP) is 3.58. The number of thiocarbonyl (C=S) groups is 1. The minimum Gasteiger partial charge on any atom is -0.330 e. The lowest BCUT2D eigenvalue weighted by molar-refractivity contribution is 0.405. The highest BCUT2D eigenvalue weighted by Gasteiger charge is 2.09. The van der Waals surface area contributed by atoms with Crippen molar-refractivity contribution < 1.29 is 0 Å². The molecule has 94 valence electrons. The second-order valence-electron chi connectivity index (χ2n) is 4.58. The predicted molar refractivity (Wildman–Crippen MR) is 78.7 cm³/mol. The van der Waals surface area contributed by atoms with Gasteiger partial charge in [-0.15, -0.1) is 0 Å². The third-order valence-electron chi connectivity index (χ3n) is 1.73. The SMILES string of the molecule is CC(C)(C)NNC(=S)Nc1cc(Cl)ccc1Cl. The van der Waals surface area contributed by atoms with E-state index in [0.717, 1.165) is 0 Å². The van der Waals surface area contributed by atoms with Crippen molar-refractivity contribution in [3.63, 3.8) is 0 Å². The molecule has 6 heteroatoms. The van der Waals surface area contributed by atoms with Gasteiger partial charge >= 0.3 is 0 Å². The Hall–Kier alpha value is -0.550. The molecule has 3 nitrogen and oxygen atoms in total. The molecule has 1 aromatic carbocycles. The first kappa shape index (κ1) is 14.5. The second-order valence-corrected chi connectivity index (χ2v) is 5.83. The Morgan fingerprint density at radius 3 is 2.47 bits per heavy atom. The third-order valence-corrected chi connectivity index (χ3v) is 2.50. The van der Waals surface area contributed by atoms with Crippen molar-refractivity contribution in [2.75, 3.05) is 5.32 Å². The summed E-state index contributed by atoms with van der Waals surface area (Å²) in [5.41, 5.74) is 6.53. The average molecular weight is 292 g/mol. The quantitative estimate of drug-likeness (QED) is 0.575. The molecule has 0 aliphatic carbocycles. The largest absolute Gasteiger partial charge is 0.330 e. The molecule has 0 heterocycles. The van der Waals surface area contributed by atoms with Gasteiger partial charge in [-0.2, -0.15) is 0 Å². The van der Waals surface area contributed by atoms with E-state index < -0.39 is 0 Å². The minimum absolute atomic E-state index is 0.0795. The summed E-state index contributed by atoms with van der Waals surface area (Å²) in [6.45, 7) is 6.07. The number of hydrogen-bond donors (Lipinski definition) is 3. The van der Waals surface area contributed by atoms with Crippen LogP contribution in [-0.2, 0) is 0 Å². The van der Waals surface area contributed by atoms with Crippen molar-refractivity contribution in [1.29, 1.82) is 0 Å². The maximum Gasteiger partial charge on any atom is 0.185 e. The molecule has 0 fully saturated rings. The number of nitrogens with one attached hydrogen (secondary N) is 3. The number of rotatable bonds is 2. The highest BCUT2D eigenvalue weighted by atomic mass is 35.5. The number of anilines is 1. The Bertz CT molecular complexity index is 416. The number of halogens is 2. The summed E-state index contributed by atoms with van der Waals surface area (Å²) in [6.07, 6.45) is 0. The standard InChI is InChI=1S/C11H15Cl2N3S/c1-11(2,3)16-15-10(17)14-9-6-7(12)4-5-8(9)13/h4-6,16H,1-3H3,(H2,14,15,17). The van der Waals surface area contributed by atoms with Gasteiger partial charge in [0.2, 0.25) is 0 Å². The maximum atomic E-state index is 6.00. The van der Waals surface area contributed by atoms with Gasteiger partial charge in [-0.25, -0.2) is 5.43 Å². The van der Waals surface area contributed by atoms with Crippen molar-refractivity contribution in [3.8, 4) is 0 Å². The Labute approximate surface area is 117 Å². The summed E-state index contributed by atoms with van der Waals surface area (Å²) in [6, 6.07) is 5.15. The van der Waals surface area contributed by atoms with Gasteiger partial charge in [-0.1, -0.05) is 23.2 Å². The van der Waals surface area contributed by atoms with E-state index >= 15 is 0 Å². The zero-order valence-corrected chi connectivity index (χ0v) is 12.2. The molecule has 17 heavy (non-hydrogen) atoms. The van der Waals surface area contributed by atoms with Crippen molar-refractivity contribution in [3.05, 3.63) is 28.2 Å². The van der Waals surface area contributed by atoms with Crippen LogP contribution in [0.1, 0.15) is 20.8 Å². The first-order valence-electron chi connectivity index (χ1n) is 5.07. The smallest absolute Gasteiger partial charge is 0.185 e. The topological polar surface area (TPSA) is 36.1 Å². The van der Waals surface area contributed by atoms with Gasteiger partial charge in [0.15, 0.2) is 5.11 Å². The van der Waals surface area contributed by atoms with E-state index in [1.54, 1.807) is 18.2 Å². The van der Waals surface area contributed by atoms with Crippen molar-refractivity contribution >= 4 is 46.2 Å². The summed E-state index contributed by atoms with van der Waals surface area (Å²) >= 11 is 17.0. The molecule has 0 unspecified atom stereocenters. The fourth-order valence-electron chi connectivity index (χ4n) is 0.991. The van der Waals surface area contributed by atoms with Crippen LogP contribution in [0, 0.1) is 0 Å². The summed E-state index contributed by atoms with van der Waals surface area (Å²) in [5, 5.41) is 4.56. The van der Waals surface area contributed by atoms with Crippen LogP contribution in [0.2, 0.25) is 10.0 Å². The van der Waals surface area contributed by atoms with Crippen LogP contribution in [0.3, 0.4) is 0 Å². The van der Waals surface area contributed by atoms with E-state index in [1.807, 2.05) is 20.8 Å². The molecular weight excluding hydrogens is 277 g/mol. The first-order valence-corrected chi connectivity index (χ1v) is 6.23. The zero-order chi connectivity index (χ0) is 13.1. The van der Waals surface area contributed by atoms with Crippen LogP contribution in [0.5, 0.6) is 0 Å². The molecular formula is C11H15Cl2N3S. The lowest BCUT2D eigenvalue weighted by Crippen LogP contribution is -2.50.